The zero-order chi connectivity index (χ0) is 25.1. The summed E-state index contributed by atoms with van der Waals surface area (Å²) in [5, 5.41) is 10.3. The molecule has 178 valence electrons. The van der Waals surface area contributed by atoms with Crippen LogP contribution < -0.4 is 0 Å². The summed E-state index contributed by atoms with van der Waals surface area (Å²) < 4.78 is 2.02. The minimum absolute atomic E-state index is 0.255. The van der Waals surface area contributed by atoms with Gasteiger partial charge < -0.3 is 9.67 Å². The number of allylic oxidation sites excluding steroid dienone is 4. The molecule has 1 aliphatic carbocycles. The number of rotatable bonds is 7. The molecular formula is C30H22Cl2N2O2. The molecule has 4 nitrogen and oxygen atoms in total. The molecule has 36 heavy (non-hydrogen) atoms. The summed E-state index contributed by atoms with van der Waals surface area (Å²) in [6.45, 7) is 0.526. The van der Waals surface area contributed by atoms with Gasteiger partial charge in [-0.05, 0) is 65.1 Å². The van der Waals surface area contributed by atoms with Gasteiger partial charge in [0.2, 0.25) is 0 Å². The van der Waals surface area contributed by atoms with Crippen molar-refractivity contribution in [1.29, 1.82) is 0 Å². The minimum atomic E-state index is -0.945. The van der Waals surface area contributed by atoms with Crippen LogP contribution in [0.5, 0.6) is 0 Å². The van der Waals surface area contributed by atoms with Gasteiger partial charge in [-0.1, -0.05) is 83.9 Å². The first-order chi connectivity index (χ1) is 17.5. The third kappa shape index (κ3) is 5.35. The number of nitrogens with zero attached hydrogens (tertiary/aromatic N) is 2. The van der Waals surface area contributed by atoms with Crippen LogP contribution in [-0.4, -0.2) is 20.6 Å². The fourth-order valence-corrected chi connectivity index (χ4v) is 4.61. The summed E-state index contributed by atoms with van der Waals surface area (Å²) in [4.78, 5) is 16.0. The van der Waals surface area contributed by atoms with Gasteiger partial charge in [-0.3, -0.25) is 0 Å². The molecule has 0 saturated carbocycles. The normalized spacial score (nSPS) is 12.9. The van der Waals surface area contributed by atoms with Crippen molar-refractivity contribution < 1.29 is 9.90 Å². The van der Waals surface area contributed by atoms with Crippen LogP contribution in [0.2, 0.25) is 10.0 Å². The van der Waals surface area contributed by atoms with Crippen LogP contribution >= 0.6 is 23.2 Å². The molecule has 0 radical (unpaired) electrons. The van der Waals surface area contributed by atoms with Crippen molar-refractivity contribution in [3.63, 3.8) is 0 Å². The first-order valence-corrected chi connectivity index (χ1v) is 12.2. The lowest BCUT2D eigenvalue weighted by atomic mass is 10.0. The number of benzene rings is 3. The number of hydrogen-bond acceptors (Lipinski definition) is 2. The Balaban J connectivity index is 1.46. The van der Waals surface area contributed by atoms with Crippen LogP contribution in [0.3, 0.4) is 0 Å². The molecule has 1 aromatic heterocycles. The number of aromatic carboxylic acids is 1. The minimum Gasteiger partial charge on any atom is -0.478 e. The molecule has 0 saturated heterocycles. The van der Waals surface area contributed by atoms with Gasteiger partial charge in [0.15, 0.2) is 0 Å². The largest absolute Gasteiger partial charge is 0.478 e. The number of hydrogen-bond donors (Lipinski definition) is 1. The van der Waals surface area contributed by atoms with Gasteiger partial charge in [0, 0.05) is 23.3 Å². The van der Waals surface area contributed by atoms with Gasteiger partial charge in [-0.2, -0.15) is 0 Å². The van der Waals surface area contributed by atoms with Gasteiger partial charge in [0.05, 0.1) is 16.3 Å². The van der Waals surface area contributed by atoms with Crippen molar-refractivity contribution in [3.8, 4) is 11.3 Å². The number of carboxylic acids is 1. The number of carboxylic acid groups (broad SMARTS) is 1. The molecule has 0 bridgehead atoms. The van der Waals surface area contributed by atoms with Crippen molar-refractivity contribution in [2.45, 2.75) is 13.0 Å². The Labute approximate surface area is 219 Å². The number of imidazole rings is 1. The standard InChI is InChI=1S/C30H22Cl2N2O2/c31-25-14-15-26(27(32)17-25)28-19-34(18-21-7-12-24(13-8-21)30(35)36)29(33-28)16-9-20-5-10-23(11-6-20)22-3-1-2-4-22/h1-3,5-17,19H,4,18H2,(H,35,36)/b16-9+. The van der Waals surface area contributed by atoms with Crippen LogP contribution in [-0.2, 0) is 6.54 Å². The van der Waals surface area contributed by atoms with E-state index in [1.54, 1.807) is 24.3 Å². The maximum absolute atomic E-state index is 11.2. The molecule has 0 aliphatic heterocycles. The zero-order valence-electron chi connectivity index (χ0n) is 19.2. The smallest absolute Gasteiger partial charge is 0.335 e. The molecule has 6 heteroatoms. The Kier molecular flexibility index (Phi) is 6.90. The maximum Gasteiger partial charge on any atom is 0.335 e. The van der Waals surface area contributed by atoms with E-state index in [1.165, 1.54) is 11.1 Å². The summed E-state index contributed by atoms with van der Waals surface area (Å²) in [6.07, 6.45) is 13.3. The topological polar surface area (TPSA) is 55.1 Å². The number of halogens is 2. The van der Waals surface area contributed by atoms with E-state index in [0.29, 0.717) is 16.6 Å². The van der Waals surface area contributed by atoms with Crippen LogP contribution in [0.15, 0.2) is 91.2 Å². The van der Waals surface area contributed by atoms with Gasteiger partial charge in [0.25, 0.3) is 0 Å². The van der Waals surface area contributed by atoms with Crippen molar-refractivity contribution >= 4 is 46.9 Å². The monoisotopic (exact) mass is 512 g/mol. The fourth-order valence-electron chi connectivity index (χ4n) is 4.11. The lowest BCUT2D eigenvalue weighted by Crippen LogP contribution is -2.02. The molecule has 5 rings (SSSR count). The Morgan fingerprint density at radius 3 is 2.44 bits per heavy atom. The highest BCUT2D eigenvalue weighted by Gasteiger charge is 2.12. The van der Waals surface area contributed by atoms with E-state index < -0.39 is 5.97 Å². The Hall–Kier alpha value is -3.86. The SMILES string of the molecule is O=C(O)c1ccc(Cn2cc(-c3ccc(Cl)cc3Cl)nc2/C=C/c2ccc(C3=CC=CC3)cc2)cc1. The average molecular weight is 513 g/mol. The zero-order valence-corrected chi connectivity index (χ0v) is 20.7. The van der Waals surface area contributed by atoms with E-state index in [9.17, 15) is 9.90 Å². The molecule has 0 atom stereocenters. The van der Waals surface area contributed by atoms with E-state index in [0.717, 1.165) is 34.6 Å². The second-order valence-corrected chi connectivity index (χ2v) is 9.36. The molecule has 0 unspecified atom stereocenters. The van der Waals surface area contributed by atoms with Crippen molar-refractivity contribution in [1.82, 2.24) is 9.55 Å². The van der Waals surface area contributed by atoms with Crippen LogP contribution in [0.1, 0.15) is 39.3 Å². The second-order valence-electron chi connectivity index (χ2n) is 8.52. The van der Waals surface area contributed by atoms with E-state index in [1.807, 2.05) is 41.1 Å². The molecule has 4 aromatic rings. The molecule has 0 amide bonds. The molecule has 1 N–H and O–H groups in total. The summed E-state index contributed by atoms with van der Waals surface area (Å²) in [7, 11) is 0. The summed E-state index contributed by atoms with van der Waals surface area (Å²) in [5.41, 5.74) is 6.35. The average Bonchev–Trinajstić information content (AvgIpc) is 3.54. The molecule has 0 spiro atoms. The first-order valence-electron chi connectivity index (χ1n) is 11.5. The highest BCUT2D eigenvalue weighted by Crippen LogP contribution is 2.30. The van der Waals surface area contributed by atoms with Crippen molar-refractivity contribution in [2.24, 2.45) is 0 Å². The Morgan fingerprint density at radius 1 is 1.00 bits per heavy atom. The molecule has 1 aliphatic rings. The van der Waals surface area contributed by atoms with Gasteiger partial charge in [-0.25, -0.2) is 9.78 Å². The third-order valence-corrected chi connectivity index (χ3v) is 6.59. The third-order valence-electron chi connectivity index (χ3n) is 6.05. The van der Waals surface area contributed by atoms with Gasteiger partial charge in [0.1, 0.15) is 5.82 Å². The Morgan fingerprint density at radius 2 is 1.78 bits per heavy atom. The number of carbonyl (C=O) groups is 1. The van der Waals surface area contributed by atoms with Crippen LogP contribution in [0.4, 0.5) is 0 Å². The van der Waals surface area contributed by atoms with Gasteiger partial charge in [-0.15, -0.1) is 0 Å². The Bertz CT molecular complexity index is 1510. The van der Waals surface area contributed by atoms with Crippen LogP contribution in [0.25, 0.3) is 29.0 Å². The maximum atomic E-state index is 11.2. The highest BCUT2D eigenvalue weighted by atomic mass is 35.5. The second kappa shape index (κ2) is 10.4. The van der Waals surface area contributed by atoms with E-state index in [-0.39, 0.29) is 5.56 Å². The van der Waals surface area contributed by atoms with E-state index in [2.05, 4.69) is 42.5 Å². The highest BCUT2D eigenvalue weighted by molar-refractivity contribution is 6.36. The van der Waals surface area contributed by atoms with Crippen molar-refractivity contribution in [3.05, 3.63) is 129 Å². The predicted molar refractivity (Wildman–Crippen MR) is 147 cm³/mol. The molecule has 1 heterocycles. The van der Waals surface area contributed by atoms with Gasteiger partial charge >= 0.3 is 5.97 Å². The van der Waals surface area contributed by atoms with Crippen molar-refractivity contribution in [2.75, 3.05) is 0 Å². The molecule has 0 fully saturated rings. The van der Waals surface area contributed by atoms with E-state index in [4.69, 9.17) is 28.2 Å². The summed E-state index contributed by atoms with van der Waals surface area (Å²) in [5.74, 6) is -0.191. The summed E-state index contributed by atoms with van der Waals surface area (Å²) >= 11 is 12.5. The predicted octanol–water partition coefficient (Wildman–Crippen LogP) is 8.12. The first kappa shape index (κ1) is 23.9. The summed E-state index contributed by atoms with van der Waals surface area (Å²) in [6, 6.07) is 20.7. The quantitative estimate of drug-likeness (QED) is 0.272. The number of aromatic nitrogens is 2. The molecule has 3 aromatic carbocycles. The van der Waals surface area contributed by atoms with E-state index >= 15 is 0 Å². The lowest BCUT2D eigenvalue weighted by molar-refractivity contribution is 0.0697. The van der Waals surface area contributed by atoms with Crippen LogP contribution in [0, 0.1) is 0 Å². The molecular weight excluding hydrogens is 491 g/mol. The fraction of sp³-hybridized carbons (Fsp3) is 0.0667. The lowest BCUT2D eigenvalue weighted by Gasteiger charge is -2.06.